The van der Waals surface area contributed by atoms with Crippen molar-refractivity contribution in [2.45, 2.75) is 19.9 Å². The van der Waals surface area contributed by atoms with Crippen LogP contribution in [0.1, 0.15) is 31.0 Å². The van der Waals surface area contributed by atoms with Gasteiger partial charge in [0.05, 0.1) is 30.4 Å². The van der Waals surface area contributed by atoms with E-state index in [0.29, 0.717) is 41.5 Å². The first-order valence-corrected chi connectivity index (χ1v) is 12.9. The van der Waals surface area contributed by atoms with Gasteiger partial charge in [0.15, 0.2) is 0 Å². The Bertz CT molecular complexity index is 1570. The maximum Gasteiger partial charge on any atom is 0.300 e. The average molecular weight is 526 g/mol. The van der Waals surface area contributed by atoms with Crippen LogP contribution in [-0.2, 0) is 9.59 Å². The van der Waals surface area contributed by atoms with Gasteiger partial charge in [-0.15, -0.1) is 0 Å². The molecular weight excluding hydrogens is 494 g/mol. The van der Waals surface area contributed by atoms with Gasteiger partial charge >= 0.3 is 0 Å². The maximum absolute atomic E-state index is 13.7. The lowest BCUT2D eigenvalue weighted by Crippen LogP contribution is -2.29. The van der Waals surface area contributed by atoms with E-state index in [1.54, 1.807) is 24.4 Å². The number of aromatic nitrogens is 1. The SMILES string of the molecule is CCOc1ccc(/C(O)=C2\C(=O)C(=O)N(c3ccc(N(C)C)cc3)C2c2c[nH]c3ccccc23)c(OCC)c1. The van der Waals surface area contributed by atoms with Crippen LogP contribution in [0.4, 0.5) is 11.4 Å². The van der Waals surface area contributed by atoms with E-state index in [2.05, 4.69) is 4.98 Å². The van der Waals surface area contributed by atoms with Crippen molar-refractivity contribution < 1.29 is 24.2 Å². The van der Waals surface area contributed by atoms with E-state index in [4.69, 9.17) is 9.47 Å². The average Bonchev–Trinajstić information content (AvgIpc) is 3.47. The molecule has 1 aliphatic heterocycles. The number of nitrogens with one attached hydrogen (secondary N) is 1. The topological polar surface area (TPSA) is 95.1 Å². The molecule has 2 heterocycles. The van der Waals surface area contributed by atoms with Crippen LogP contribution in [0, 0.1) is 0 Å². The minimum absolute atomic E-state index is 0.00782. The quantitative estimate of drug-likeness (QED) is 0.175. The van der Waals surface area contributed by atoms with Gasteiger partial charge in [-0.05, 0) is 56.3 Å². The Labute approximate surface area is 227 Å². The molecule has 2 N–H and O–H groups in total. The van der Waals surface area contributed by atoms with Gasteiger partial charge in [0.2, 0.25) is 0 Å². The highest BCUT2D eigenvalue weighted by molar-refractivity contribution is 6.52. The molecule has 3 aromatic carbocycles. The summed E-state index contributed by atoms with van der Waals surface area (Å²) < 4.78 is 11.4. The Balaban J connectivity index is 1.74. The van der Waals surface area contributed by atoms with Crippen LogP contribution >= 0.6 is 0 Å². The Morgan fingerprint density at radius 3 is 2.38 bits per heavy atom. The molecule has 39 heavy (non-hydrogen) atoms. The fourth-order valence-electron chi connectivity index (χ4n) is 5.00. The van der Waals surface area contributed by atoms with Crippen LogP contribution < -0.4 is 19.3 Å². The summed E-state index contributed by atoms with van der Waals surface area (Å²) in [4.78, 5) is 33.9. The molecule has 1 aromatic heterocycles. The number of Topliss-reactive ketones (excluding diaryl/α,β-unsaturated/α-hetero) is 1. The third-order valence-electron chi connectivity index (χ3n) is 6.82. The molecule has 1 amide bonds. The third kappa shape index (κ3) is 4.58. The number of aliphatic hydroxyl groups excluding tert-OH is 1. The Morgan fingerprint density at radius 2 is 1.69 bits per heavy atom. The van der Waals surface area contributed by atoms with Crippen molar-refractivity contribution in [3.05, 3.63) is 89.6 Å². The first-order valence-electron chi connectivity index (χ1n) is 12.9. The number of hydrogen-bond acceptors (Lipinski definition) is 6. The van der Waals surface area contributed by atoms with Crippen molar-refractivity contribution in [1.29, 1.82) is 0 Å². The number of rotatable bonds is 8. The number of ether oxygens (including phenoxy) is 2. The fraction of sp³-hybridized carbons (Fsp3) is 0.226. The number of carbonyl (C=O) groups is 2. The van der Waals surface area contributed by atoms with Crippen molar-refractivity contribution in [2.75, 3.05) is 37.1 Å². The summed E-state index contributed by atoms with van der Waals surface area (Å²) in [5.41, 5.74) is 3.37. The van der Waals surface area contributed by atoms with E-state index in [0.717, 1.165) is 16.6 Å². The molecule has 8 nitrogen and oxygen atoms in total. The first kappa shape index (κ1) is 25.9. The number of benzene rings is 3. The van der Waals surface area contributed by atoms with Gasteiger partial charge < -0.3 is 24.5 Å². The lowest BCUT2D eigenvalue weighted by molar-refractivity contribution is -0.132. The standard InChI is InChI=1S/C31H31N3O5/c1-5-38-21-15-16-23(26(17-21)39-6-2)29(35)27-28(24-18-32-25-10-8-7-9-22(24)25)34(31(37)30(27)36)20-13-11-19(12-14-20)33(3)4/h7-18,28,32,35H,5-6H2,1-4H3/b29-27+. The number of hydrogen-bond donors (Lipinski definition) is 2. The molecule has 1 unspecified atom stereocenters. The third-order valence-corrected chi connectivity index (χ3v) is 6.82. The van der Waals surface area contributed by atoms with Crippen molar-refractivity contribution >= 4 is 39.7 Å². The molecule has 0 bridgehead atoms. The zero-order valence-corrected chi connectivity index (χ0v) is 22.4. The van der Waals surface area contributed by atoms with Gasteiger partial charge in [0.25, 0.3) is 11.7 Å². The molecule has 4 aromatic rings. The van der Waals surface area contributed by atoms with E-state index in [1.807, 2.05) is 81.4 Å². The highest BCUT2D eigenvalue weighted by atomic mass is 16.5. The van der Waals surface area contributed by atoms with Crippen molar-refractivity contribution in [2.24, 2.45) is 0 Å². The summed E-state index contributed by atoms with van der Waals surface area (Å²) in [5, 5.41) is 12.6. The lowest BCUT2D eigenvalue weighted by Gasteiger charge is -2.26. The molecular formula is C31H31N3O5. The van der Waals surface area contributed by atoms with E-state index < -0.39 is 17.7 Å². The first-order chi connectivity index (χ1) is 18.8. The predicted molar refractivity (Wildman–Crippen MR) is 153 cm³/mol. The second-order valence-corrected chi connectivity index (χ2v) is 9.39. The molecule has 5 rings (SSSR count). The van der Waals surface area contributed by atoms with E-state index in [1.165, 1.54) is 4.90 Å². The van der Waals surface area contributed by atoms with E-state index >= 15 is 0 Å². The molecule has 1 aliphatic rings. The summed E-state index contributed by atoms with van der Waals surface area (Å²) in [6.45, 7) is 4.52. The highest BCUT2D eigenvalue weighted by Gasteiger charge is 2.48. The minimum atomic E-state index is -0.868. The molecule has 1 saturated heterocycles. The lowest BCUT2D eigenvalue weighted by atomic mass is 9.94. The minimum Gasteiger partial charge on any atom is -0.507 e. The Kier molecular flexibility index (Phi) is 7.02. The number of amides is 1. The number of ketones is 1. The highest BCUT2D eigenvalue weighted by Crippen LogP contribution is 2.45. The van der Waals surface area contributed by atoms with Crippen LogP contribution in [-0.4, -0.2) is 49.1 Å². The summed E-state index contributed by atoms with van der Waals surface area (Å²) in [7, 11) is 3.86. The van der Waals surface area contributed by atoms with Gasteiger partial charge in [-0.1, -0.05) is 18.2 Å². The number of para-hydroxylation sites is 1. The van der Waals surface area contributed by atoms with Crippen molar-refractivity contribution in [3.8, 4) is 11.5 Å². The van der Waals surface area contributed by atoms with Crippen molar-refractivity contribution in [3.63, 3.8) is 0 Å². The molecule has 0 saturated carbocycles. The monoisotopic (exact) mass is 525 g/mol. The second kappa shape index (κ2) is 10.6. The molecule has 1 atom stereocenters. The van der Waals surface area contributed by atoms with Crippen LogP contribution in [0.25, 0.3) is 16.7 Å². The van der Waals surface area contributed by atoms with Gasteiger partial charge in [-0.3, -0.25) is 14.5 Å². The van der Waals surface area contributed by atoms with Crippen LogP contribution in [0.5, 0.6) is 11.5 Å². The second-order valence-electron chi connectivity index (χ2n) is 9.39. The smallest absolute Gasteiger partial charge is 0.300 e. The molecule has 0 aliphatic carbocycles. The van der Waals surface area contributed by atoms with Crippen molar-refractivity contribution in [1.82, 2.24) is 4.98 Å². The zero-order valence-electron chi connectivity index (χ0n) is 22.4. The Morgan fingerprint density at radius 1 is 0.974 bits per heavy atom. The van der Waals surface area contributed by atoms with E-state index in [-0.39, 0.29) is 11.3 Å². The predicted octanol–water partition coefficient (Wildman–Crippen LogP) is 5.66. The summed E-state index contributed by atoms with van der Waals surface area (Å²) in [5.74, 6) is -0.848. The summed E-state index contributed by atoms with van der Waals surface area (Å²) >= 11 is 0. The van der Waals surface area contributed by atoms with Crippen LogP contribution in [0.3, 0.4) is 0 Å². The molecule has 200 valence electrons. The summed E-state index contributed by atoms with van der Waals surface area (Å²) in [6.07, 6.45) is 1.79. The maximum atomic E-state index is 13.7. The van der Waals surface area contributed by atoms with Crippen LogP contribution in [0.2, 0.25) is 0 Å². The molecule has 8 heteroatoms. The molecule has 0 spiro atoms. The zero-order chi connectivity index (χ0) is 27.7. The molecule has 1 fully saturated rings. The number of nitrogens with zero attached hydrogens (tertiary/aromatic N) is 2. The Hall–Kier alpha value is -4.72. The van der Waals surface area contributed by atoms with Gasteiger partial charge in [0, 0.05) is 54.2 Å². The fourth-order valence-corrected chi connectivity index (χ4v) is 5.00. The number of anilines is 2. The number of fused-ring (bicyclic) bond motifs is 1. The van der Waals surface area contributed by atoms with Gasteiger partial charge in [-0.25, -0.2) is 0 Å². The number of aromatic amines is 1. The summed E-state index contributed by atoms with van der Waals surface area (Å²) in [6, 6.07) is 19.2. The van der Waals surface area contributed by atoms with Gasteiger partial charge in [-0.2, -0.15) is 0 Å². The largest absolute Gasteiger partial charge is 0.507 e. The van der Waals surface area contributed by atoms with E-state index in [9.17, 15) is 14.7 Å². The number of carbonyl (C=O) groups excluding carboxylic acids is 2. The van der Waals surface area contributed by atoms with Crippen LogP contribution in [0.15, 0.2) is 78.5 Å². The molecule has 0 radical (unpaired) electrons. The normalized spacial score (nSPS) is 16.6. The number of aliphatic hydroxyl groups is 1. The van der Waals surface area contributed by atoms with Gasteiger partial charge in [0.1, 0.15) is 17.3 Å². The number of H-pyrrole nitrogens is 1.